The Bertz CT molecular complexity index is 636. The minimum Gasteiger partial charge on any atom is -0.351 e. The minimum absolute atomic E-state index is 0.107. The van der Waals surface area contributed by atoms with Crippen molar-refractivity contribution in [2.75, 3.05) is 26.2 Å². The third-order valence-electron chi connectivity index (χ3n) is 4.72. The van der Waals surface area contributed by atoms with Crippen molar-refractivity contribution in [2.45, 2.75) is 37.5 Å². The van der Waals surface area contributed by atoms with Gasteiger partial charge in [0.2, 0.25) is 5.28 Å². The van der Waals surface area contributed by atoms with E-state index in [1.54, 1.807) is 0 Å². The first-order valence-electron chi connectivity index (χ1n) is 8.76. The molecule has 0 bridgehead atoms. The van der Waals surface area contributed by atoms with E-state index in [2.05, 4.69) is 15.0 Å². The molecule has 1 aromatic rings. The van der Waals surface area contributed by atoms with Gasteiger partial charge >= 0.3 is 12.2 Å². The quantitative estimate of drug-likeness (QED) is 0.752. The number of carbonyl (C=O) groups excluding carboxylic acids is 2. The number of nitrogens with two attached hydrogens (primary N) is 2. The number of primary amides is 2. The van der Waals surface area contributed by atoms with E-state index in [-0.39, 0.29) is 17.1 Å². The monoisotopic (exact) mass is 399 g/mol. The van der Waals surface area contributed by atoms with E-state index in [1.807, 2.05) is 0 Å². The second kappa shape index (κ2) is 8.63. The number of piperidine rings is 2. The summed E-state index contributed by atoms with van der Waals surface area (Å²) < 4.78 is 0. The summed E-state index contributed by atoms with van der Waals surface area (Å²) in [4.78, 5) is 44.7. The van der Waals surface area contributed by atoms with Crippen LogP contribution in [-0.2, 0) is 9.68 Å². The van der Waals surface area contributed by atoms with Crippen molar-refractivity contribution in [3.05, 3.63) is 16.9 Å². The summed E-state index contributed by atoms with van der Waals surface area (Å²) in [7, 11) is 0. The van der Waals surface area contributed by atoms with Crippen LogP contribution in [0, 0.1) is 0 Å². The van der Waals surface area contributed by atoms with Gasteiger partial charge in [0, 0.05) is 38.0 Å². The molecule has 1 aromatic heterocycles. The molecule has 2 aliphatic heterocycles. The molecule has 27 heavy (non-hydrogen) atoms. The van der Waals surface area contributed by atoms with Crippen molar-refractivity contribution >= 4 is 23.8 Å². The van der Waals surface area contributed by atoms with E-state index in [1.165, 1.54) is 10.1 Å². The van der Waals surface area contributed by atoms with Crippen LogP contribution in [0.5, 0.6) is 0 Å². The standard InChI is InChI=1S/C15H22ClN7O4/c16-13-20-11(9-1-5-22(6-2-9)26-14(17)24)19-12(21-13)10-3-7-23(8-4-10)27-15(18)25/h9-10H,1-8H2,(H2,17,24)(H2,18,25). The third-order valence-corrected chi connectivity index (χ3v) is 4.89. The number of carbonyl (C=O) groups is 2. The van der Waals surface area contributed by atoms with Gasteiger partial charge in [-0.3, -0.25) is 0 Å². The third kappa shape index (κ3) is 5.37. The summed E-state index contributed by atoms with van der Waals surface area (Å²) >= 11 is 6.13. The summed E-state index contributed by atoms with van der Waals surface area (Å²) in [5, 5.41) is 3.25. The molecular formula is C15H22ClN7O4. The Balaban J connectivity index is 1.62. The van der Waals surface area contributed by atoms with E-state index >= 15 is 0 Å². The second-order valence-electron chi connectivity index (χ2n) is 6.55. The zero-order valence-electron chi connectivity index (χ0n) is 14.7. The van der Waals surface area contributed by atoms with Crippen molar-refractivity contribution in [2.24, 2.45) is 11.5 Å². The zero-order chi connectivity index (χ0) is 19.4. The lowest BCUT2D eigenvalue weighted by atomic mass is 9.95. The van der Waals surface area contributed by atoms with Gasteiger partial charge in [0.1, 0.15) is 11.6 Å². The van der Waals surface area contributed by atoms with Gasteiger partial charge in [-0.1, -0.05) is 0 Å². The first-order chi connectivity index (χ1) is 12.9. The van der Waals surface area contributed by atoms with E-state index in [0.717, 1.165) is 25.7 Å². The fraction of sp³-hybridized carbons (Fsp3) is 0.667. The molecule has 4 N–H and O–H groups in total. The van der Waals surface area contributed by atoms with Crippen molar-refractivity contribution in [3.63, 3.8) is 0 Å². The molecule has 0 radical (unpaired) electrons. The predicted molar refractivity (Wildman–Crippen MR) is 93.3 cm³/mol. The first-order valence-corrected chi connectivity index (χ1v) is 9.14. The van der Waals surface area contributed by atoms with Crippen LogP contribution in [0.4, 0.5) is 9.59 Å². The maximum absolute atomic E-state index is 10.8. The van der Waals surface area contributed by atoms with Crippen molar-refractivity contribution in [1.29, 1.82) is 0 Å². The van der Waals surface area contributed by atoms with Crippen molar-refractivity contribution in [3.8, 4) is 0 Å². The van der Waals surface area contributed by atoms with Gasteiger partial charge in [0.25, 0.3) is 0 Å². The molecule has 2 fully saturated rings. The van der Waals surface area contributed by atoms with Gasteiger partial charge in [-0.2, -0.15) is 0 Å². The molecule has 2 aliphatic rings. The summed E-state index contributed by atoms with van der Waals surface area (Å²) in [6.45, 7) is 2.20. The van der Waals surface area contributed by atoms with E-state index in [4.69, 9.17) is 32.7 Å². The van der Waals surface area contributed by atoms with Gasteiger partial charge in [-0.05, 0) is 37.3 Å². The lowest BCUT2D eigenvalue weighted by Gasteiger charge is -2.30. The average molecular weight is 400 g/mol. The topological polar surface area (TPSA) is 150 Å². The molecule has 2 amide bonds. The Kier molecular flexibility index (Phi) is 6.24. The highest BCUT2D eigenvalue weighted by atomic mass is 35.5. The molecule has 0 unspecified atom stereocenters. The number of halogens is 1. The van der Waals surface area contributed by atoms with Crippen LogP contribution >= 0.6 is 11.6 Å². The van der Waals surface area contributed by atoms with Gasteiger partial charge < -0.3 is 21.1 Å². The van der Waals surface area contributed by atoms with E-state index in [0.29, 0.717) is 37.8 Å². The lowest BCUT2D eigenvalue weighted by Crippen LogP contribution is -2.37. The summed E-state index contributed by atoms with van der Waals surface area (Å²) in [6.07, 6.45) is 1.25. The first kappa shape index (κ1) is 19.5. The average Bonchev–Trinajstić information content (AvgIpc) is 2.61. The van der Waals surface area contributed by atoms with Gasteiger partial charge in [-0.25, -0.2) is 24.5 Å². The highest BCUT2D eigenvalue weighted by Gasteiger charge is 2.28. The highest BCUT2D eigenvalue weighted by Crippen LogP contribution is 2.30. The van der Waals surface area contributed by atoms with Crippen LogP contribution in [0.25, 0.3) is 0 Å². The summed E-state index contributed by atoms with van der Waals surface area (Å²) in [5.74, 6) is 1.52. The van der Waals surface area contributed by atoms with Crippen LogP contribution in [0.2, 0.25) is 5.28 Å². The molecule has 3 heterocycles. The smallest absolute Gasteiger partial charge is 0.351 e. The van der Waals surface area contributed by atoms with Gasteiger partial charge in [0.05, 0.1) is 0 Å². The van der Waals surface area contributed by atoms with Crippen LogP contribution in [0.15, 0.2) is 0 Å². The van der Waals surface area contributed by atoms with Crippen molar-refractivity contribution in [1.82, 2.24) is 25.1 Å². The molecule has 3 rings (SSSR count). The zero-order valence-corrected chi connectivity index (χ0v) is 15.5. The van der Waals surface area contributed by atoms with E-state index in [9.17, 15) is 9.59 Å². The molecule has 12 heteroatoms. The molecular weight excluding hydrogens is 378 g/mol. The fourth-order valence-electron chi connectivity index (χ4n) is 3.41. The number of hydroxylamine groups is 4. The van der Waals surface area contributed by atoms with Crippen LogP contribution in [0.1, 0.15) is 49.2 Å². The summed E-state index contributed by atoms with van der Waals surface area (Å²) in [5.41, 5.74) is 10.1. The Morgan fingerprint density at radius 3 is 1.52 bits per heavy atom. The Morgan fingerprint density at radius 1 is 0.815 bits per heavy atom. The molecule has 0 aliphatic carbocycles. The maximum Gasteiger partial charge on any atom is 0.423 e. The molecule has 11 nitrogen and oxygen atoms in total. The Labute approximate surface area is 160 Å². The molecule has 0 spiro atoms. The van der Waals surface area contributed by atoms with E-state index < -0.39 is 12.2 Å². The number of nitrogens with zero attached hydrogens (tertiary/aromatic N) is 5. The number of amides is 2. The number of aromatic nitrogens is 3. The SMILES string of the molecule is NC(=O)ON1CCC(c2nc(Cl)nc(C3CCN(OC(N)=O)CC3)n2)CC1. The minimum atomic E-state index is -0.814. The molecule has 148 valence electrons. The largest absolute Gasteiger partial charge is 0.423 e. The van der Waals surface area contributed by atoms with Gasteiger partial charge in [-0.15, -0.1) is 10.1 Å². The Morgan fingerprint density at radius 2 is 1.19 bits per heavy atom. The highest BCUT2D eigenvalue weighted by molar-refractivity contribution is 6.28. The Hall–Kier alpha value is -2.24. The molecule has 0 saturated carbocycles. The summed E-state index contributed by atoms with van der Waals surface area (Å²) in [6, 6.07) is 0. The number of hydrogen-bond acceptors (Lipinski definition) is 9. The maximum atomic E-state index is 10.8. The molecule has 0 atom stereocenters. The van der Waals surface area contributed by atoms with Crippen LogP contribution in [-0.4, -0.2) is 63.4 Å². The van der Waals surface area contributed by atoms with Crippen molar-refractivity contribution < 1.29 is 19.3 Å². The van der Waals surface area contributed by atoms with Crippen LogP contribution in [0.3, 0.4) is 0 Å². The van der Waals surface area contributed by atoms with Gasteiger partial charge in [0.15, 0.2) is 0 Å². The normalized spacial score (nSPS) is 20.3. The molecule has 2 saturated heterocycles. The second-order valence-corrected chi connectivity index (χ2v) is 6.89. The van der Waals surface area contributed by atoms with Crippen LogP contribution < -0.4 is 11.5 Å². The fourth-order valence-corrected chi connectivity index (χ4v) is 3.58. The number of rotatable bonds is 4. The number of hydrogen-bond donors (Lipinski definition) is 2. The predicted octanol–water partition coefficient (Wildman–Crippen LogP) is 0.904. The lowest BCUT2D eigenvalue weighted by molar-refractivity contribution is -0.110. The molecule has 0 aromatic carbocycles.